The number of hydrogen-bond donors (Lipinski definition) is 3. The summed E-state index contributed by atoms with van der Waals surface area (Å²) in [6, 6.07) is 5.60. The van der Waals surface area contributed by atoms with E-state index in [1.165, 1.54) is 19.2 Å². The largest absolute Gasteiger partial charge is 0.383 e. The molecule has 2 atom stereocenters. The Bertz CT molecular complexity index is 657. The molecule has 1 saturated heterocycles. The first-order valence-corrected chi connectivity index (χ1v) is 9.63. The van der Waals surface area contributed by atoms with Gasteiger partial charge < -0.3 is 20.5 Å². The van der Waals surface area contributed by atoms with Gasteiger partial charge in [-0.25, -0.2) is 13.1 Å². The second-order valence-electron chi connectivity index (χ2n) is 5.91. The monoisotopic (exact) mass is 371 g/mol. The van der Waals surface area contributed by atoms with Crippen LogP contribution in [0.4, 0.5) is 0 Å². The van der Waals surface area contributed by atoms with Gasteiger partial charge in [0.1, 0.15) is 6.04 Å². The van der Waals surface area contributed by atoms with Gasteiger partial charge >= 0.3 is 0 Å². The first-order valence-electron chi connectivity index (χ1n) is 8.15. The van der Waals surface area contributed by atoms with Crippen molar-refractivity contribution < 1.29 is 22.7 Å². The Hall–Kier alpha value is -1.52. The molecule has 4 N–H and O–H groups in total. The van der Waals surface area contributed by atoms with Crippen molar-refractivity contribution in [2.24, 2.45) is 5.73 Å². The molecule has 9 heteroatoms. The summed E-state index contributed by atoms with van der Waals surface area (Å²) in [5.41, 5.74) is 6.40. The number of rotatable bonds is 9. The standard InChI is InChI=1S/C16H25N3O5S/c1-23-11-15(17)16(20)18-9-12-4-6-14(7-5-12)25(21,22)19-10-13-3-2-8-24-13/h4-7,13,15,19H,2-3,8-11,17H2,1H3,(H,18,20). The van der Waals surface area contributed by atoms with Crippen molar-refractivity contribution in [2.45, 2.75) is 36.4 Å². The predicted molar refractivity (Wildman–Crippen MR) is 92.3 cm³/mol. The van der Waals surface area contributed by atoms with Crippen LogP contribution in [-0.4, -0.2) is 53.3 Å². The van der Waals surface area contributed by atoms with Crippen molar-refractivity contribution in [3.05, 3.63) is 29.8 Å². The SMILES string of the molecule is COCC(N)C(=O)NCc1ccc(S(=O)(=O)NCC2CCCO2)cc1. The van der Waals surface area contributed by atoms with Crippen molar-refractivity contribution in [3.63, 3.8) is 0 Å². The van der Waals surface area contributed by atoms with Crippen molar-refractivity contribution in [1.29, 1.82) is 0 Å². The van der Waals surface area contributed by atoms with Crippen molar-refractivity contribution in [2.75, 3.05) is 26.9 Å². The maximum Gasteiger partial charge on any atom is 0.240 e. The van der Waals surface area contributed by atoms with Crippen LogP contribution in [-0.2, 0) is 30.8 Å². The summed E-state index contributed by atoms with van der Waals surface area (Å²) in [5, 5.41) is 2.68. The van der Waals surface area contributed by atoms with Crippen LogP contribution in [0.5, 0.6) is 0 Å². The Morgan fingerprint density at radius 2 is 2.12 bits per heavy atom. The molecule has 0 spiro atoms. The smallest absolute Gasteiger partial charge is 0.240 e. The summed E-state index contributed by atoms with van der Waals surface area (Å²) in [5.74, 6) is -0.322. The molecule has 1 amide bonds. The summed E-state index contributed by atoms with van der Waals surface area (Å²) >= 11 is 0. The number of carbonyl (C=O) groups excluding carboxylic acids is 1. The van der Waals surface area contributed by atoms with Gasteiger partial charge in [0.2, 0.25) is 15.9 Å². The zero-order valence-corrected chi connectivity index (χ0v) is 15.1. The van der Waals surface area contributed by atoms with Gasteiger partial charge in [-0.15, -0.1) is 0 Å². The second kappa shape index (κ2) is 9.25. The molecule has 1 fully saturated rings. The summed E-state index contributed by atoms with van der Waals surface area (Å²) < 4.78 is 37.3. The van der Waals surface area contributed by atoms with Gasteiger partial charge in [-0.1, -0.05) is 12.1 Å². The lowest BCUT2D eigenvalue weighted by atomic mass is 10.2. The van der Waals surface area contributed by atoms with E-state index in [1.54, 1.807) is 12.1 Å². The van der Waals surface area contributed by atoms with Crippen LogP contribution in [0.3, 0.4) is 0 Å². The molecule has 0 saturated carbocycles. The summed E-state index contributed by atoms with van der Waals surface area (Å²) in [7, 11) is -2.10. The molecule has 1 aromatic carbocycles. The van der Waals surface area contributed by atoms with E-state index in [2.05, 4.69) is 10.0 Å². The fourth-order valence-electron chi connectivity index (χ4n) is 2.45. The number of ether oxygens (including phenoxy) is 2. The lowest BCUT2D eigenvalue weighted by Crippen LogP contribution is -2.43. The average Bonchev–Trinajstić information content (AvgIpc) is 3.12. The highest BCUT2D eigenvalue weighted by molar-refractivity contribution is 7.89. The Labute approximate surface area is 148 Å². The minimum absolute atomic E-state index is 0.0550. The normalized spacial score (nSPS) is 18.9. The molecule has 2 unspecified atom stereocenters. The molecule has 0 bridgehead atoms. The third-order valence-corrected chi connectivity index (χ3v) is 5.35. The van der Waals surface area contributed by atoms with E-state index in [0.29, 0.717) is 6.61 Å². The fraction of sp³-hybridized carbons (Fsp3) is 0.562. The molecule has 1 heterocycles. The van der Waals surface area contributed by atoms with Gasteiger partial charge in [0, 0.05) is 26.8 Å². The van der Waals surface area contributed by atoms with Crippen LogP contribution in [0, 0.1) is 0 Å². The number of benzene rings is 1. The number of nitrogens with one attached hydrogen (secondary N) is 2. The van der Waals surface area contributed by atoms with Crippen molar-refractivity contribution in [3.8, 4) is 0 Å². The molecule has 8 nitrogen and oxygen atoms in total. The van der Waals surface area contributed by atoms with Crippen molar-refractivity contribution >= 4 is 15.9 Å². The van der Waals surface area contributed by atoms with Gasteiger partial charge in [-0.05, 0) is 30.5 Å². The van der Waals surface area contributed by atoms with Gasteiger partial charge in [-0.3, -0.25) is 4.79 Å². The third kappa shape index (κ3) is 6.05. The molecular weight excluding hydrogens is 346 g/mol. The number of hydrogen-bond acceptors (Lipinski definition) is 6. The molecule has 140 valence electrons. The third-order valence-electron chi connectivity index (χ3n) is 3.91. The van der Waals surface area contributed by atoms with E-state index in [9.17, 15) is 13.2 Å². The topological polar surface area (TPSA) is 120 Å². The van der Waals surface area contributed by atoms with Crippen LogP contribution in [0.25, 0.3) is 0 Å². The molecule has 25 heavy (non-hydrogen) atoms. The molecule has 1 aromatic rings. The zero-order valence-electron chi connectivity index (χ0n) is 14.2. The highest BCUT2D eigenvalue weighted by Gasteiger charge is 2.20. The zero-order chi connectivity index (χ0) is 18.3. The van der Waals surface area contributed by atoms with Crippen molar-refractivity contribution in [1.82, 2.24) is 10.0 Å². The van der Waals surface area contributed by atoms with E-state index in [-0.39, 0.29) is 36.6 Å². The molecule has 1 aliphatic heterocycles. The summed E-state index contributed by atoms with van der Waals surface area (Å²) in [6.07, 6.45) is 1.77. The van der Waals surface area contributed by atoms with E-state index >= 15 is 0 Å². The highest BCUT2D eigenvalue weighted by Crippen LogP contribution is 2.14. The van der Waals surface area contributed by atoms with E-state index in [0.717, 1.165) is 18.4 Å². The molecule has 0 aromatic heterocycles. The van der Waals surface area contributed by atoms with Gasteiger partial charge in [0.15, 0.2) is 0 Å². The quantitative estimate of drug-likeness (QED) is 0.550. The first kappa shape index (κ1) is 19.8. The first-order chi connectivity index (χ1) is 11.9. The molecule has 2 rings (SSSR count). The van der Waals surface area contributed by atoms with Crippen LogP contribution >= 0.6 is 0 Å². The van der Waals surface area contributed by atoms with Gasteiger partial charge in [0.05, 0.1) is 17.6 Å². The highest BCUT2D eigenvalue weighted by atomic mass is 32.2. The van der Waals surface area contributed by atoms with E-state index in [4.69, 9.17) is 15.2 Å². The molecular formula is C16H25N3O5S. The van der Waals surface area contributed by atoms with Crippen LogP contribution in [0.15, 0.2) is 29.2 Å². The summed E-state index contributed by atoms with van der Waals surface area (Å²) in [6.45, 7) is 1.36. The minimum Gasteiger partial charge on any atom is -0.383 e. The predicted octanol–water partition coefficient (Wildman–Crippen LogP) is -0.266. The molecule has 0 radical (unpaired) electrons. The summed E-state index contributed by atoms with van der Waals surface area (Å²) in [4.78, 5) is 11.9. The van der Waals surface area contributed by atoms with Gasteiger partial charge in [0.25, 0.3) is 0 Å². The lowest BCUT2D eigenvalue weighted by molar-refractivity contribution is -0.123. The Morgan fingerprint density at radius 3 is 2.72 bits per heavy atom. The molecule has 1 aliphatic rings. The number of nitrogens with two attached hydrogens (primary N) is 1. The van der Waals surface area contributed by atoms with Crippen LogP contribution < -0.4 is 15.8 Å². The number of sulfonamides is 1. The van der Waals surface area contributed by atoms with Crippen LogP contribution in [0.2, 0.25) is 0 Å². The number of carbonyl (C=O) groups is 1. The van der Waals surface area contributed by atoms with Gasteiger partial charge in [-0.2, -0.15) is 0 Å². The number of amides is 1. The molecule has 0 aliphatic carbocycles. The second-order valence-corrected chi connectivity index (χ2v) is 7.68. The van der Waals surface area contributed by atoms with E-state index in [1.807, 2.05) is 0 Å². The minimum atomic E-state index is -3.57. The Kier molecular flexibility index (Phi) is 7.33. The fourth-order valence-corrected chi connectivity index (χ4v) is 3.52. The lowest BCUT2D eigenvalue weighted by Gasteiger charge is -2.13. The van der Waals surface area contributed by atoms with Crippen LogP contribution in [0.1, 0.15) is 18.4 Å². The Balaban J connectivity index is 1.86. The Morgan fingerprint density at radius 1 is 1.40 bits per heavy atom. The maximum absolute atomic E-state index is 12.3. The average molecular weight is 371 g/mol. The maximum atomic E-state index is 12.3. The van der Waals surface area contributed by atoms with E-state index < -0.39 is 16.1 Å². The number of methoxy groups -OCH3 is 1.